The van der Waals surface area contributed by atoms with E-state index in [1.54, 1.807) is 0 Å². The molecule has 1 unspecified atom stereocenters. The summed E-state index contributed by atoms with van der Waals surface area (Å²) in [5.74, 6) is 0.479. The van der Waals surface area contributed by atoms with Crippen LogP contribution >= 0.6 is 0 Å². The summed E-state index contributed by atoms with van der Waals surface area (Å²) in [6.45, 7) is 1.94. The predicted molar refractivity (Wildman–Crippen MR) is 70.7 cm³/mol. The van der Waals surface area contributed by atoms with Crippen molar-refractivity contribution in [2.75, 3.05) is 32.1 Å². The minimum Gasteiger partial charge on any atom is -0.379 e. The predicted octanol–water partition coefficient (Wildman–Crippen LogP) is 0.556. The first-order valence-electron chi connectivity index (χ1n) is 6.91. The molecule has 1 aliphatic carbocycles. The van der Waals surface area contributed by atoms with E-state index < -0.39 is 10.0 Å². The van der Waals surface area contributed by atoms with Gasteiger partial charge in [0.1, 0.15) is 0 Å². The summed E-state index contributed by atoms with van der Waals surface area (Å²) >= 11 is 0. The van der Waals surface area contributed by atoms with Gasteiger partial charge in [0.05, 0.1) is 19.0 Å². The van der Waals surface area contributed by atoms with E-state index in [0.29, 0.717) is 32.2 Å². The third kappa shape index (κ3) is 3.66. The van der Waals surface area contributed by atoms with Gasteiger partial charge >= 0.3 is 0 Å². The second-order valence-electron chi connectivity index (χ2n) is 5.35. The monoisotopic (exact) mass is 276 g/mol. The zero-order chi connectivity index (χ0) is 13.0. The maximum absolute atomic E-state index is 12.2. The fourth-order valence-electron chi connectivity index (χ4n) is 2.87. The number of ether oxygens (including phenoxy) is 1. The molecule has 1 heterocycles. The van der Waals surface area contributed by atoms with E-state index in [2.05, 4.69) is 0 Å². The highest BCUT2D eigenvalue weighted by Crippen LogP contribution is 2.26. The van der Waals surface area contributed by atoms with Crippen LogP contribution in [0, 0.1) is 5.92 Å². The Morgan fingerprint density at radius 2 is 1.78 bits per heavy atom. The highest BCUT2D eigenvalue weighted by molar-refractivity contribution is 7.89. The normalized spacial score (nSPS) is 26.1. The third-order valence-corrected chi connectivity index (χ3v) is 5.98. The zero-order valence-corrected chi connectivity index (χ0v) is 11.7. The van der Waals surface area contributed by atoms with Crippen molar-refractivity contribution < 1.29 is 13.2 Å². The van der Waals surface area contributed by atoms with Crippen LogP contribution in [-0.2, 0) is 14.8 Å². The van der Waals surface area contributed by atoms with Crippen molar-refractivity contribution in [2.45, 2.75) is 38.1 Å². The van der Waals surface area contributed by atoms with Gasteiger partial charge in [-0.1, -0.05) is 19.3 Å². The van der Waals surface area contributed by atoms with E-state index in [-0.39, 0.29) is 11.8 Å². The first-order chi connectivity index (χ1) is 8.59. The number of rotatable bonds is 4. The molecule has 1 saturated heterocycles. The van der Waals surface area contributed by atoms with Gasteiger partial charge in [0.15, 0.2) is 0 Å². The first kappa shape index (κ1) is 14.2. The Morgan fingerprint density at radius 1 is 1.17 bits per heavy atom. The van der Waals surface area contributed by atoms with Crippen molar-refractivity contribution in [2.24, 2.45) is 11.7 Å². The Hall–Kier alpha value is -0.170. The lowest BCUT2D eigenvalue weighted by molar-refractivity contribution is 0.0728. The minimum absolute atomic E-state index is 0.0949. The Labute approximate surface area is 110 Å². The van der Waals surface area contributed by atoms with Crippen molar-refractivity contribution >= 4 is 10.0 Å². The summed E-state index contributed by atoms with van der Waals surface area (Å²) in [7, 11) is -3.20. The second-order valence-corrected chi connectivity index (χ2v) is 7.37. The third-order valence-electron chi connectivity index (χ3n) is 4.02. The lowest BCUT2D eigenvalue weighted by Gasteiger charge is -2.31. The molecular weight excluding hydrogens is 252 g/mol. The van der Waals surface area contributed by atoms with Crippen molar-refractivity contribution in [1.29, 1.82) is 0 Å². The molecule has 2 N–H and O–H groups in total. The van der Waals surface area contributed by atoms with E-state index >= 15 is 0 Å². The standard InChI is InChI=1S/C12H24N2O3S/c13-12(11-4-2-1-3-5-11)10-18(15,16)14-6-8-17-9-7-14/h11-12H,1-10,13H2. The Morgan fingerprint density at radius 3 is 2.39 bits per heavy atom. The fraction of sp³-hybridized carbons (Fsp3) is 1.00. The molecule has 0 amide bonds. The fourth-order valence-corrected chi connectivity index (χ4v) is 4.55. The van der Waals surface area contributed by atoms with Gasteiger partial charge in [-0.3, -0.25) is 0 Å². The molecule has 1 atom stereocenters. The van der Waals surface area contributed by atoms with E-state index in [4.69, 9.17) is 10.5 Å². The van der Waals surface area contributed by atoms with Gasteiger partial charge in [-0.25, -0.2) is 8.42 Å². The molecule has 1 saturated carbocycles. The molecule has 0 bridgehead atoms. The minimum atomic E-state index is -3.20. The largest absolute Gasteiger partial charge is 0.379 e. The molecule has 2 fully saturated rings. The van der Waals surface area contributed by atoms with Crippen LogP contribution in [0.25, 0.3) is 0 Å². The highest BCUT2D eigenvalue weighted by Gasteiger charge is 2.30. The summed E-state index contributed by atoms with van der Waals surface area (Å²) in [6, 6.07) is -0.210. The molecule has 0 aromatic carbocycles. The second kappa shape index (κ2) is 6.32. The molecule has 6 heteroatoms. The van der Waals surface area contributed by atoms with Crippen LogP contribution < -0.4 is 5.73 Å². The Kier molecular flexibility index (Phi) is 5.00. The maximum atomic E-state index is 12.2. The van der Waals surface area contributed by atoms with Crippen LogP contribution in [0.5, 0.6) is 0 Å². The number of morpholine rings is 1. The van der Waals surface area contributed by atoms with E-state index in [1.807, 2.05) is 0 Å². The smallest absolute Gasteiger partial charge is 0.215 e. The molecule has 0 spiro atoms. The number of nitrogens with two attached hydrogens (primary N) is 1. The Balaban J connectivity index is 1.89. The average Bonchev–Trinajstić information content (AvgIpc) is 2.40. The van der Waals surface area contributed by atoms with Crippen LogP contribution in [0.1, 0.15) is 32.1 Å². The van der Waals surface area contributed by atoms with Gasteiger partial charge in [0.2, 0.25) is 10.0 Å². The quantitative estimate of drug-likeness (QED) is 0.814. The molecule has 2 aliphatic rings. The number of nitrogens with zero attached hydrogens (tertiary/aromatic N) is 1. The zero-order valence-electron chi connectivity index (χ0n) is 10.9. The van der Waals surface area contributed by atoms with E-state index in [9.17, 15) is 8.42 Å². The summed E-state index contributed by atoms with van der Waals surface area (Å²) in [5, 5.41) is 0. The summed E-state index contributed by atoms with van der Waals surface area (Å²) in [6.07, 6.45) is 5.81. The summed E-state index contributed by atoms with van der Waals surface area (Å²) in [5.41, 5.74) is 6.10. The lowest BCUT2D eigenvalue weighted by Crippen LogP contribution is -2.47. The molecule has 0 aromatic heterocycles. The van der Waals surface area contributed by atoms with Gasteiger partial charge in [-0.2, -0.15) is 4.31 Å². The van der Waals surface area contributed by atoms with E-state index in [1.165, 1.54) is 23.6 Å². The van der Waals surface area contributed by atoms with E-state index in [0.717, 1.165) is 12.8 Å². The van der Waals surface area contributed by atoms with Crippen molar-refractivity contribution in [3.8, 4) is 0 Å². The summed E-state index contributed by atoms with van der Waals surface area (Å²) in [4.78, 5) is 0. The average molecular weight is 276 g/mol. The van der Waals surface area contributed by atoms with Crippen LogP contribution in [0.4, 0.5) is 0 Å². The molecular formula is C12H24N2O3S. The number of hydrogen-bond donors (Lipinski definition) is 1. The number of hydrogen-bond acceptors (Lipinski definition) is 4. The molecule has 106 valence electrons. The first-order valence-corrected chi connectivity index (χ1v) is 8.51. The van der Waals surface area contributed by atoms with Crippen LogP contribution in [0.15, 0.2) is 0 Å². The van der Waals surface area contributed by atoms with Gasteiger partial charge in [0.25, 0.3) is 0 Å². The van der Waals surface area contributed by atoms with Crippen molar-refractivity contribution in [3.63, 3.8) is 0 Å². The van der Waals surface area contributed by atoms with Crippen molar-refractivity contribution in [1.82, 2.24) is 4.31 Å². The lowest BCUT2D eigenvalue weighted by atomic mass is 9.85. The molecule has 1 aliphatic heterocycles. The van der Waals surface area contributed by atoms with Crippen molar-refractivity contribution in [3.05, 3.63) is 0 Å². The molecule has 0 aromatic rings. The SMILES string of the molecule is NC(CS(=O)(=O)N1CCOCC1)C1CCCCC1. The summed E-state index contributed by atoms with van der Waals surface area (Å²) < 4.78 is 31.2. The number of sulfonamides is 1. The van der Waals surface area contributed by atoms with Gasteiger partial charge in [-0.05, 0) is 18.8 Å². The van der Waals surface area contributed by atoms with Gasteiger partial charge < -0.3 is 10.5 Å². The maximum Gasteiger partial charge on any atom is 0.215 e. The molecule has 2 rings (SSSR count). The molecule has 5 nitrogen and oxygen atoms in total. The Bertz CT molecular complexity index is 346. The van der Waals surface area contributed by atoms with Crippen LogP contribution in [0.3, 0.4) is 0 Å². The highest BCUT2D eigenvalue weighted by atomic mass is 32.2. The van der Waals surface area contributed by atoms with Crippen LogP contribution in [-0.4, -0.2) is 50.8 Å². The van der Waals surface area contributed by atoms with Gasteiger partial charge in [0, 0.05) is 19.1 Å². The molecule has 18 heavy (non-hydrogen) atoms. The van der Waals surface area contributed by atoms with Crippen LogP contribution in [0.2, 0.25) is 0 Å². The topological polar surface area (TPSA) is 72.6 Å². The molecule has 0 radical (unpaired) electrons. The van der Waals surface area contributed by atoms with Gasteiger partial charge in [-0.15, -0.1) is 0 Å².